The molecule has 2 aromatic rings. The van der Waals surface area contributed by atoms with Gasteiger partial charge in [0, 0.05) is 0 Å². The number of aliphatic hydroxyl groups is 2. The predicted molar refractivity (Wildman–Crippen MR) is 95.8 cm³/mol. The number of carbonyl (C=O) groups excluding carboxylic acids is 1. The smallest absolute Gasteiger partial charge is 0.410 e. The van der Waals surface area contributed by atoms with E-state index in [0.717, 1.165) is 16.9 Å². The summed E-state index contributed by atoms with van der Waals surface area (Å²) >= 11 is 0. The second kappa shape index (κ2) is 8.21. The first kappa shape index (κ1) is 18.2. The highest BCUT2D eigenvalue weighted by atomic mass is 16.6. The lowest BCUT2D eigenvalue weighted by Crippen LogP contribution is -2.41. The molecule has 26 heavy (non-hydrogen) atoms. The van der Waals surface area contributed by atoms with Gasteiger partial charge in [-0.1, -0.05) is 42.5 Å². The third-order valence-electron chi connectivity index (χ3n) is 4.62. The van der Waals surface area contributed by atoms with Gasteiger partial charge in [0.1, 0.15) is 18.5 Å². The topological polar surface area (TPSA) is 79.2 Å². The maximum Gasteiger partial charge on any atom is 0.410 e. The average molecular weight is 357 g/mol. The highest BCUT2D eigenvalue weighted by Gasteiger charge is 2.43. The number of benzene rings is 2. The van der Waals surface area contributed by atoms with Gasteiger partial charge < -0.3 is 19.7 Å². The van der Waals surface area contributed by atoms with Crippen LogP contribution < -0.4 is 4.74 Å². The van der Waals surface area contributed by atoms with E-state index in [9.17, 15) is 15.0 Å². The number of carbonyl (C=O) groups is 1. The van der Waals surface area contributed by atoms with E-state index < -0.39 is 24.3 Å². The van der Waals surface area contributed by atoms with Crippen LogP contribution in [0.15, 0.2) is 54.6 Å². The van der Waals surface area contributed by atoms with E-state index in [0.29, 0.717) is 6.42 Å². The molecular weight excluding hydrogens is 334 g/mol. The van der Waals surface area contributed by atoms with Crippen LogP contribution in [-0.4, -0.2) is 53.1 Å². The molecule has 1 fully saturated rings. The van der Waals surface area contributed by atoms with Gasteiger partial charge >= 0.3 is 6.09 Å². The van der Waals surface area contributed by atoms with Crippen LogP contribution in [0.1, 0.15) is 11.1 Å². The van der Waals surface area contributed by atoms with Crippen LogP contribution in [0, 0.1) is 0 Å². The predicted octanol–water partition coefficient (Wildman–Crippen LogP) is 1.98. The van der Waals surface area contributed by atoms with Crippen molar-refractivity contribution >= 4 is 6.09 Å². The molecule has 0 aliphatic carbocycles. The minimum Gasteiger partial charge on any atom is -0.497 e. The maximum atomic E-state index is 12.5. The summed E-state index contributed by atoms with van der Waals surface area (Å²) in [4.78, 5) is 13.9. The number of hydrogen-bond acceptors (Lipinski definition) is 5. The van der Waals surface area contributed by atoms with Crippen LogP contribution in [0.5, 0.6) is 5.75 Å². The Morgan fingerprint density at radius 2 is 1.77 bits per heavy atom. The van der Waals surface area contributed by atoms with Crippen molar-refractivity contribution in [3.8, 4) is 5.75 Å². The molecule has 1 amide bonds. The van der Waals surface area contributed by atoms with E-state index in [4.69, 9.17) is 9.47 Å². The fraction of sp³-hybridized carbons (Fsp3) is 0.350. The number of rotatable bonds is 5. The van der Waals surface area contributed by atoms with E-state index in [1.807, 2.05) is 54.6 Å². The molecule has 1 saturated heterocycles. The fourth-order valence-corrected chi connectivity index (χ4v) is 3.13. The number of methoxy groups -OCH3 is 1. The quantitative estimate of drug-likeness (QED) is 0.855. The standard InChI is InChI=1S/C20H23NO5/c1-25-16-9-7-14(8-10-16)11-17-19(23)18(22)12-21(17)20(24)26-13-15-5-3-2-4-6-15/h2-10,17-19,22-23H,11-13H2,1H3/t17-,18+,19-/m0/s1. The Hall–Kier alpha value is -2.57. The molecule has 0 radical (unpaired) electrons. The van der Waals surface area contributed by atoms with Gasteiger partial charge in [-0.05, 0) is 29.7 Å². The number of amides is 1. The van der Waals surface area contributed by atoms with Crippen LogP contribution >= 0.6 is 0 Å². The van der Waals surface area contributed by atoms with Crippen molar-refractivity contribution in [2.45, 2.75) is 31.3 Å². The number of aliphatic hydroxyl groups excluding tert-OH is 2. The Morgan fingerprint density at radius 1 is 1.08 bits per heavy atom. The first-order chi connectivity index (χ1) is 12.6. The molecule has 3 rings (SSSR count). The third-order valence-corrected chi connectivity index (χ3v) is 4.62. The summed E-state index contributed by atoms with van der Waals surface area (Å²) in [5.41, 5.74) is 1.82. The van der Waals surface area contributed by atoms with Crippen molar-refractivity contribution in [3.63, 3.8) is 0 Å². The zero-order valence-corrected chi connectivity index (χ0v) is 14.6. The van der Waals surface area contributed by atoms with E-state index in [-0.39, 0.29) is 13.2 Å². The lowest BCUT2D eigenvalue weighted by atomic mass is 10.0. The molecule has 6 nitrogen and oxygen atoms in total. The largest absolute Gasteiger partial charge is 0.497 e. The fourth-order valence-electron chi connectivity index (χ4n) is 3.13. The van der Waals surface area contributed by atoms with Gasteiger partial charge in [0.25, 0.3) is 0 Å². The highest BCUT2D eigenvalue weighted by Crippen LogP contribution is 2.24. The van der Waals surface area contributed by atoms with Gasteiger partial charge in [0.15, 0.2) is 0 Å². The van der Waals surface area contributed by atoms with Crippen LogP contribution in [0.2, 0.25) is 0 Å². The molecule has 0 bridgehead atoms. The molecule has 2 N–H and O–H groups in total. The van der Waals surface area contributed by atoms with Crippen molar-refractivity contribution in [2.75, 3.05) is 13.7 Å². The van der Waals surface area contributed by atoms with Crippen molar-refractivity contribution in [1.29, 1.82) is 0 Å². The summed E-state index contributed by atoms with van der Waals surface area (Å²) < 4.78 is 10.5. The molecule has 138 valence electrons. The Kier molecular flexibility index (Phi) is 5.75. The van der Waals surface area contributed by atoms with Gasteiger partial charge in [0.05, 0.1) is 25.8 Å². The van der Waals surface area contributed by atoms with Crippen molar-refractivity contribution in [1.82, 2.24) is 4.90 Å². The van der Waals surface area contributed by atoms with E-state index in [1.54, 1.807) is 7.11 Å². The summed E-state index contributed by atoms with van der Waals surface area (Å²) in [6, 6.07) is 16.2. The molecule has 1 aliphatic rings. The molecule has 0 spiro atoms. The van der Waals surface area contributed by atoms with E-state index in [2.05, 4.69) is 0 Å². The highest BCUT2D eigenvalue weighted by molar-refractivity contribution is 5.69. The average Bonchev–Trinajstić information content (AvgIpc) is 2.96. The Balaban J connectivity index is 1.66. The lowest BCUT2D eigenvalue weighted by molar-refractivity contribution is 0.0361. The second-order valence-corrected chi connectivity index (χ2v) is 6.37. The number of nitrogens with zero attached hydrogens (tertiary/aromatic N) is 1. The van der Waals surface area contributed by atoms with Crippen molar-refractivity contribution < 1.29 is 24.5 Å². The van der Waals surface area contributed by atoms with E-state index in [1.165, 1.54) is 4.90 Å². The number of likely N-dealkylation sites (tertiary alicyclic amines) is 1. The molecule has 1 aliphatic heterocycles. The van der Waals surface area contributed by atoms with Gasteiger partial charge in [0.2, 0.25) is 0 Å². The first-order valence-electron chi connectivity index (χ1n) is 8.55. The van der Waals surface area contributed by atoms with Crippen LogP contribution in [0.3, 0.4) is 0 Å². The van der Waals surface area contributed by atoms with Gasteiger partial charge in [-0.15, -0.1) is 0 Å². The summed E-state index contributed by atoms with van der Waals surface area (Å²) in [5, 5.41) is 20.3. The first-order valence-corrected chi connectivity index (χ1v) is 8.55. The number of ether oxygens (including phenoxy) is 2. The Morgan fingerprint density at radius 3 is 2.42 bits per heavy atom. The van der Waals surface area contributed by atoms with Crippen molar-refractivity contribution in [2.24, 2.45) is 0 Å². The van der Waals surface area contributed by atoms with Crippen molar-refractivity contribution in [3.05, 3.63) is 65.7 Å². The van der Waals surface area contributed by atoms with Gasteiger partial charge in [-0.3, -0.25) is 4.90 Å². The second-order valence-electron chi connectivity index (χ2n) is 6.37. The maximum absolute atomic E-state index is 12.5. The summed E-state index contributed by atoms with van der Waals surface area (Å²) in [6.45, 7) is 0.202. The summed E-state index contributed by atoms with van der Waals surface area (Å²) in [7, 11) is 1.59. The molecule has 0 saturated carbocycles. The summed E-state index contributed by atoms with van der Waals surface area (Å²) in [5.74, 6) is 0.736. The van der Waals surface area contributed by atoms with Gasteiger partial charge in [-0.25, -0.2) is 4.79 Å². The minimum atomic E-state index is -1.01. The van der Waals surface area contributed by atoms with E-state index >= 15 is 0 Å². The molecule has 0 aromatic heterocycles. The lowest BCUT2D eigenvalue weighted by Gasteiger charge is -2.25. The normalized spacial score (nSPS) is 22.3. The minimum absolute atomic E-state index is 0.0512. The Labute approximate surface area is 152 Å². The molecular formula is C20H23NO5. The molecule has 2 aromatic carbocycles. The zero-order chi connectivity index (χ0) is 18.5. The SMILES string of the molecule is COc1ccc(C[C@H]2[C@H](O)[C@H](O)CN2C(=O)OCc2ccccc2)cc1. The molecule has 1 heterocycles. The third kappa shape index (κ3) is 4.15. The monoisotopic (exact) mass is 357 g/mol. The number of β-amino-alcohol motifs (C(OH)–C–C–N with tert-alkyl or cyclic N) is 1. The Bertz CT molecular complexity index is 719. The van der Waals surface area contributed by atoms with Crippen LogP contribution in [-0.2, 0) is 17.8 Å². The molecule has 3 atom stereocenters. The zero-order valence-electron chi connectivity index (χ0n) is 14.6. The van der Waals surface area contributed by atoms with Crippen LogP contribution in [0.4, 0.5) is 4.79 Å². The molecule has 0 unspecified atom stereocenters. The molecule has 6 heteroatoms. The summed E-state index contributed by atoms with van der Waals surface area (Å²) in [6.07, 6.45) is -2.12. The number of hydrogen-bond donors (Lipinski definition) is 2. The van der Waals surface area contributed by atoms with Crippen LogP contribution in [0.25, 0.3) is 0 Å². The van der Waals surface area contributed by atoms with Gasteiger partial charge in [-0.2, -0.15) is 0 Å².